The third-order valence-electron chi connectivity index (χ3n) is 8.56. The van der Waals surface area contributed by atoms with Crippen LogP contribution in [0.5, 0.6) is 5.75 Å². The Bertz CT molecular complexity index is 2660. The average Bonchev–Trinajstić information content (AvgIpc) is 3.13. The van der Waals surface area contributed by atoms with Crippen molar-refractivity contribution in [2.45, 2.75) is 0 Å². The fraction of sp³-hybridized carbons (Fsp3) is 0. The summed E-state index contributed by atoms with van der Waals surface area (Å²) in [6, 6.07) is 31.7. The molecular formula is C41H22Cl2F2O6. The van der Waals surface area contributed by atoms with Crippen molar-refractivity contribution < 1.29 is 33.0 Å². The highest BCUT2D eigenvalue weighted by molar-refractivity contribution is 6.40. The first-order valence-corrected chi connectivity index (χ1v) is 16.1. The molecule has 2 N–H and O–H groups in total. The second kappa shape index (κ2) is 13.3. The number of hydrogen-bond acceptors (Lipinski definition) is 5. The SMILES string of the molecule is O=Cc1c(Cl)c(C(=O)O)cc(Cl)c1-c1c2cc(-c3ccc4ccccc4c3)c(=O)c(F)c-2oc2c(F)c(O)c(-c3ccccccccc3)cc12. The Morgan fingerprint density at radius 2 is 1.35 bits per heavy atom. The van der Waals surface area contributed by atoms with Crippen LogP contribution in [0.3, 0.4) is 0 Å². The number of aldehydes is 1. The lowest BCUT2D eigenvalue weighted by Crippen LogP contribution is -2.13. The largest absolute Gasteiger partial charge is 0.504 e. The zero-order chi connectivity index (χ0) is 36.0. The third kappa shape index (κ3) is 5.74. The van der Waals surface area contributed by atoms with E-state index in [2.05, 4.69) is 0 Å². The van der Waals surface area contributed by atoms with Crippen LogP contribution in [0.15, 0.2) is 124 Å². The molecule has 0 saturated carbocycles. The molecule has 0 aromatic heterocycles. The monoisotopic (exact) mass is 718 g/mol. The Hall–Kier alpha value is -6.09. The summed E-state index contributed by atoms with van der Waals surface area (Å²) in [7, 11) is 0. The number of benzene rings is 5. The average molecular weight is 720 g/mol. The Balaban J connectivity index is 1.69. The van der Waals surface area contributed by atoms with Crippen molar-refractivity contribution in [3.8, 4) is 50.5 Å². The van der Waals surface area contributed by atoms with Gasteiger partial charge in [-0.1, -0.05) is 114 Å². The van der Waals surface area contributed by atoms with E-state index in [1.54, 1.807) is 72.8 Å². The van der Waals surface area contributed by atoms with Crippen molar-refractivity contribution in [1.29, 1.82) is 0 Å². The van der Waals surface area contributed by atoms with E-state index in [0.29, 0.717) is 11.1 Å². The van der Waals surface area contributed by atoms with Crippen molar-refractivity contribution in [1.82, 2.24) is 0 Å². The Morgan fingerprint density at radius 3 is 2.02 bits per heavy atom. The number of phenolic OH excluding ortho intramolecular Hbond substituents is 1. The maximum absolute atomic E-state index is 16.4. The molecule has 0 bridgehead atoms. The summed E-state index contributed by atoms with van der Waals surface area (Å²) in [5.41, 5.74) is -2.34. The maximum atomic E-state index is 16.4. The fourth-order valence-electron chi connectivity index (χ4n) is 6.16. The van der Waals surface area contributed by atoms with Gasteiger partial charge in [-0.15, -0.1) is 0 Å². The van der Waals surface area contributed by atoms with E-state index in [-0.39, 0.29) is 50.1 Å². The lowest BCUT2D eigenvalue weighted by molar-refractivity contribution is 0.0697. The number of carboxylic acids is 1. The number of aromatic carboxylic acids is 1. The summed E-state index contributed by atoms with van der Waals surface area (Å²) in [5, 5.41) is 21.8. The van der Waals surface area contributed by atoms with E-state index in [1.165, 1.54) is 12.1 Å². The molecule has 0 radical (unpaired) electrons. The zero-order valence-electron chi connectivity index (χ0n) is 26.1. The quantitative estimate of drug-likeness (QED) is 0.136. The van der Waals surface area contributed by atoms with Crippen LogP contribution in [0.25, 0.3) is 66.4 Å². The van der Waals surface area contributed by atoms with Crippen LogP contribution in [0.4, 0.5) is 8.78 Å². The van der Waals surface area contributed by atoms with Crippen molar-refractivity contribution in [3.63, 3.8) is 0 Å². The lowest BCUT2D eigenvalue weighted by atomic mass is 9.87. The van der Waals surface area contributed by atoms with Gasteiger partial charge >= 0.3 is 5.97 Å². The first kappa shape index (κ1) is 33.4. The highest BCUT2D eigenvalue weighted by atomic mass is 35.5. The minimum Gasteiger partial charge on any atom is -0.504 e. The van der Waals surface area contributed by atoms with Gasteiger partial charge < -0.3 is 14.6 Å². The highest BCUT2D eigenvalue weighted by Crippen LogP contribution is 2.50. The summed E-state index contributed by atoms with van der Waals surface area (Å²) < 4.78 is 38.5. The number of hydrogen-bond donors (Lipinski definition) is 2. The molecule has 2 aliphatic rings. The van der Waals surface area contributed by atoms with Gasteiger partial charge in [-0.2, -0.15) is 8.78 Å². The molecule has 1 aliphatic heterocycles. The second-order valence-electron chi connectivity index (χ2n) is 11.5. The Labute approximate surface area is 298 Å². The van der Waals surface area contributed by atoms with E-state index < -0.39 is 50.7 Å². The van der Waals surface area contributed by atoms with E-state index in [0.717, 1.165) is 16.8 Å². The summed E-state index contributed by atoms with van der Waals surface area (Å²) in [6.07, 6.45) is 0.287. The van der Waals surface area contributed by atoms with Gasteiger partial charge in [0.2, 0.25) is 17.1 Å². The number of aromatic hydroxyl groups is 1. The fourth-order valence-corrected chi connectivity index (χ4v) is 6.74. The molecule has 5 aromatic rings. The molecule has 0 unspecified atom stereocenters. The van der Waals surface area contributed by atoms with Gasteiger partial charge in [0.25, 0.3) is 0 Å². The number of rotatable bonds is 5. The Morgan fingerprint density at radius 1 is 0.706 bits per heavy atom. The molecule has 10 heteroatoms. The molecular weight excluding hydrogens is 697 g/mol. The summed E-state index contributed by atoms with van der Waals surface area (Å²) >= 11 is 13.2. The molecule has 5 aromatic carbocycles. The number of fused-ring (bicyclic) bond motifs is 3. The minimum atomic E-state index is -1.47. The normalized spacial score (nSPS) is 11.1. The number of halogens is 4. The zero-order valence-corrected chi connectivity index (χ0v) is 27.6. The standard InChI is InChI=1S/C41H22Cl2F2O6/c42-31-19-29(41(49)50)34(43)30(20-46)33(31)32-27-17-25(22-11-6-4-2-1-3-5-7-12-22)37(47)35(44)39(27)51-40-28(32)18-26(38(48)36(40)45)24-15-14-21-10-8-9-13-23(21)16-24/h1-20,47H,(H,49,50). The van der Waals surface area contributed by atoms with Gasteiger partial charge in [-0.05, 0) is 46.2 Å². The Kier molecular flexibility index (Phi) is 8.73. The van der Waals surface area contributed by atoms with Crippen molar-refractivity contribution in [2.24, 2.45) is 0 Å². The number of carbonyl (C=O) groups is 2. The maximum Gasteiger partial charge on any atom is 0.337 e. The van der Waals surface area contributed by atoms with Crippen LogP contribution in [0.2, 0.25) is 10.0 Å². The summed E-state index contributed by atoms with van der Waals surface area (Å²) in [5.74, 6) is -5.67. The van der Waals surface area contributed by atoms with Gasteiger partial charge in [-0.3, -0.25) is 9.59 Å². The molecule has 0 amide bonds. The first-order chi connectivity index (χ1) is 24.6. The highest BCUT2D eigenvalue weighted by Gasteiger charge is 2.31. The van der Waals surface area contributed by atoms with Crippen LogP contribution in [0, 0.1) is 11.6 Å². The van der Waals surface area contributed by atoms with Gasteiger partial charge in [0, 0.05) is 38.8 Å². The third-order valence-corrected chi connectivity index (χ3v) is 9.26. The predicted molar refractivity (Wildman–Crippen MR) is 194 cm³/mol. The van der Waals surface area contributed by atoms with Crippen LogP contribution in [0.1, 0.15) is 20.7 Å². The molecule has 250 valence electrons. The molecule has 0 fully saturated rings. The lowest BCUT2D eigenvalue weighted by Gasteiger charge is -2.21. The van der Waals surface area contributed by atoms with Crippen LogP contribution < -0.4 is 5.43 Å². The van der Waals surface area contributed by atoms with Gasteiger partial charge in [-0.25, -0.2) is 4.79 Å². The van der Waals surface area contributed by atoms with E-state index >= 15 is 8.78 Å². The number of phenols is 1. The van der Waals surface area contributed by atoms with Gasteiger partial charge in [0.1, 0.15) is 0 Å². The summed E-state index contributed by atoms with van der Waals surface area (Å²) in [4.78, 5) is 38.3. The van der Waals surface area contributed by atoms with E-state index in [9.17, 15) is 24.6 Å². The predicted octanol–water partition coefficient (Wildman–Crippen LogP) is 11.0. The van der Waals surface area contributed by atoms with E-state index in [1.807, 2.05) is 24.3 Å². The molecule has 1 aliphatic carbocycles. The minimum absolute atomic E-state index is 0.0117. The molecule has 51 heavy (non-hydrogen) atoms. The number of carboxylic acid groups (broad SMARTS) is 1. The smallest absolute Gasteiger partial charge is 0.337 e. The summed E-state index contributed by atoms with van der Waals surface area (Å²) in [6.45, 7) is 0. The van der Waals surface area contributed by atoms with Crippen molar-refractivity contribution in [2.75, 3.05) is 0 Å². The molecule has 0 atom stereocenters. The van der Waals surface area contributed by atoms with Gasteiger partial charge in [0.15, 0.2) is 23.4 Å². The van der Waals surface area contributed by atoms with Gasteiger partial charge in [0.05, 0.1) is 15.6 Å². The second-order valence-corrected chi connectivity index (χ2v) is 12.3. The van der Waals surface area contributed by atoms with Crippen LogP contribution in [-0.4, -0.2) is 22.5 Å². The van der Waals surface area contributed by atoms with Crippen molar-refractivity contribution >= 4 is 57.2 Å². The molecule has 6 nitrogen and oxygen atoms in total. The molecule has 0 saturated heterocycles. The van der Waals surface area contributed by atoms with E-state index in [4.69, 9.17) is 27.6 Å². The molecule has 1 heterocycles. The molecule has 0 spiro atoms. The topological polar surface area (TPSA) is 105 Å². The first-order valence-electron chi connectivity index (χ1n) is 15.3. The van der Waals surface area contributed by atoms with Crippen LogP contribution in [-0.2, 0) is 0 Å². The van der Waals surface area contributed by atoms with Crippen molar-refractivity contribution in [3.05, 3.63) is 158 Å². The molecule has 7 rings (SSSR count). The number of carbonyl (C=O) groups excluding carboxylic acids is 1. The van der Waals surface area contributed by atoms with Crippen LogP contribution >= 0.6 is 23.2 Å².